The van der Waals surface area contributed by atoms with Gasteiger partial charge in [0.05, 0.1) is 34.5 Å². The quantitative estimate of drug-likeness (QED) is 0.925. The second kappa shape index (κ2) is 5.48. The van der Waals surface area contributed by atoms with E-state index in [9.17, 15) is 4.79 Å². The van der Waals surface area contributed by atoms with Crippen molar-refractivity contribution in [3.63, 3.8) is 0 Å². The molecule has 110 valence electrons. The fourth-order valence-electron chi connectivity index (χ4n) is 2.67. The summed E-state index contributed by atoms with van der Waals surface area (Å²) in [5.74, 6) is 0.0499. The van der Waals surface area contributed by atoms with Crippen molar-refractivity contribution >= 4 is 28.6 Å². The molecule has 0 radical (unpaired) electrons. The summed E-state index contributed by atoms with van der Waals surface area (Å²) in [6.45, 7) is 7.58. The number of hydrogen-bond acceptors (Lipinski definition) is 4. The zero-order chi connectivity index (χ0) is 15.0. The minimum absolute atomic E-state index is 0.0354. The Bertz CT molecular complexity index is 680. The Morgan fingerprint density at radius 1 is 1.38 bits per heavy atom. The van der Waals surface area contributed by atoms with Crippen LogP contribution in [-0.4, -0.2) is 17.4 Å². The Morgan fingerprint density at radius 2 is 2.14 bits per heavy atom. The van der Waals surface area contributed by atoms with Gasteiger partial charge < -0.3 is 10.2 Å². The third-order valence-corrected chi connectivity index (χ3v) is 4.84. The number of rotatable bonds is 2. The van der Waals surface area contributed by atoms with Gasteiger partial charge in [0.15, 0.2) is 0 Å². The molecule has 0 saturated carbocycles. The molecule has 1 aliphatic heterocycles. The second-order valence-electron chi connectivity index (χ2n) is 5.53. The summed E-state index contributed by atoms with van der Waals surface area (Å²) in [6, 6.07) is 7.99. The van der Waals surface area contributed by atoms with Gasteiger partial charge in [-0.3, -0.25) is 4.79 Å². The largest absolute Gasteiger partial charge is 0.364 e. The number of hydrogen-bond donors (Lipinski definition) is 1. The van der Waals surface area contributed by atoms with E-state index in [-0.39, 0.29) is 11.8 Å². The fraction of sp³-hybridized carbons (Fsp3) is 0.375. The van der Waals surface area contributed by atoms with Gasteiger partial charge in [-0.1, -0.05) is 19.1 Å². The van der Waals surface area contributed by atoms with Gasteiger partial charge in [0.25, 0.3) is 0 Å². The van der Waals surface area contributed by atoms with E-state index in [1.807, 2.05) is 32.0 Å². The van der Waals surface area contributed by atoms with Gasteiger partial charge in [0.2, 0.25) is 5.91 Å². The van der Waals surface area contributed by atoms with Crippen molar-refractivity contribution < 1.29 is 4.79 Å². The molecule has 0 aliphatic carbocycles. The Morgan fingerprint density at radius 3 is 2.86 bits per heavy atom. The van der Waals surface area contributed by atoms with Gasteiger partial charge in [-0.25, -0.2) is 4.98 Å². The summed E-state index contributed by atoms with van der Waals surface area (Å²) in [5, 5.41) is 4.11. The molecular formula is C16H19N3OS. The molecule has 1 atom stereocenters. The van der Waals surface area contributed by atoms with Crippen LogP contribution in [0.2, 0.25) is 0 Å². The molecule has 1 amide bonds. The van der Waals surface area contributed by atoms with Crippen molar-refractivity contribution in [2.45, 2.75) is 27.3 Å². The molecule has 0 fully saturated rings. The van der Waals surface area contributed by atoms with Crippen LogP contribution >= 0.6 is 11.3 Å². The molecule has 0 saturated heterocycles. The van der Waals surface area contributed by atoms with Gasteiger partial charge in [-0.2, -0.15) is 0 Å². The van der Waals surface area contributed by atoms with Crippen molar-refractivity contribution in [3.05, 3.63) is 39.8 Å². The maximum absolute atomic E-state index is 12.1. The minimum Gasteiger partial charge on any atom is -0.364 e. The van der Waals surface area contributed by atoms with Crippen LogP contribution in [0.3, 0.4) is 0 Å². The third-order valence-electron chi connectivity index (χ3n) is 3.78. The summed E-state index contributed by atoms with van der Waals surface area (Å²) in [4.78, 5) is 20.1. The summed E-state index contributed by atoms with van der Waals surface area (Å²) in [7, 11) is 0. The molecule has 1 unspecified atom stereocenters. The number of anilines is 2. The summed E-state index contributed by atoms with van der Waals surface area (Å²) < 4.78 is 0. The molecule has 1 aromatic heterocycles. The number of amides is 1. The van der Waals surface area contributed by atoms with E-state index < -0.39 is 0 Å². The molecule has 21 heavy (non-hydrogen) atoms. The third kappa shape index (κ3) is 2.78. The van der Waals surface area contributed by atoms with E-state index in [1.54, 1.807) is 11.3 Å². The highest BCUT2D eigenvalue weighted by Crippen LogP contribution is 2.32. The number of aryl methyl sites for hydroxylation is 2. The predicted molar refractivity (Wildman–Crippen MR) is 86.9 cm³/mol. The van der Waals surface area contributed by atoms with Gasteiger partial charge in [-0.15, -0.1) is 11.3 Å². The van der Waals surface area contributed by atoms with E-state index in [2.05, 4.69) is 28.2 Å². The smallest absolute Gasteiger partial charge is 0.229 e. The van der Waals surface area contributed by atoms with E-state index >= 15 is 0 Å². The van der Waals surface area contributed by atoms with E-state index in [0.717, 1.165) is 35.2 Å². The highest BCUT2D eigenvalue weighted by molar-refractivity contribution is 7.11. The molecular weight excluding hydrogens is 282 g/mol. The first kappa shape index (κ1) is 14.1. The van der Waals surface area contributed by atoms with Gasteiger partial charge >= 0.3 is 0 Å². The molecule has 2 aromatic rings. The number of para-hydroxylation sites is 2. The molecule has 0 spiro atoms. The molecule has 0 bridgehead atoms. The topological polar surface area (TPSA) is 45.2 Å². The van der Waals surface area contributed by atoms with Crippen molar-refractivity contribution in [1.29, 1.82) is 0 Å². The standard InChI is InChI=1S/C16H19N3OS/c1-10-8-19(9-15-11(2)17-12(3)21-15)14-7-5-4-6-13(14)18-16(10)20/h4-7,10H,8-9H2,1-3H3,(H,18,20). The van der Waals surface area contributed by atoms with E-state index in [4.69, 9.17) is 0 Å². The van der Waals surface area contributed by atoms with Crippen LogP contribution in [0.5, 0.6) is 0 Å². The van der Waals surface area contributed by atoms with E-state index in [1.165, 1.54) is 4.88 Å². The predicted octanol–water partition coefficient (Wildman–Crippen LogP) is 3.35. The number of aromatic nitrogens is 1. The normalized spacial score (nSPS) is 18.1. The summed E-state index contributed by atoms with van der Waals surface area (Å²) >= 11 is 1.73. The number of carbonyl (C=O) groups excluding carboxylic acids is 1. The lowest BCUT2D eigenvalue weighted by Crippen LogP contribution is -2.30. The first-order chi connectivity index (χ1) is 10.0. The van der Waals surface area contributed by atoms with E-state index in [0.29, 0.717) is 0 Å². The van der Waals surface area contributed by atoms with Crippen LogP contribution in [0.4, 0.5) is 11.4 Å². The number of fused-ring (bicyclic) bond motifs is 1. The Hall–Kier alpha value is -1.88. The van der Waals surface area contributed by atoms with Crippen molar-refractivity contribution in [2.24, 2.45) is 5.92 Å². The lowest BCUT2D eigenvalue weighted by atomic mass is 10.1. The highest BCUT2D eigenvalue weighted by atomic mass is 32.1. The Kier molecular flexibility index (Phi) is 3.68. The van der Waals surface area contributed by atoms with Crippen LogP contribution in [-0.2, 0) is 11.3 Å². The monoisotopic (exact) mass is 301 g/mol. The molecule has 5 heteroatoms. The molecule has 1 N–H and O–H groups in total. The summed E-state index contributed by atoms with van der Waals surface area (Å²) in [6.07, 6.45) is 0. The molecule has 2 heterocycles. The number of nitrogens with one attached hydrogen (secondary N) is 1. The van der Waals surface area contributed by atoms with Crippen molar-refractivity contribution in [2.75, 3.05) is 16.8 Å². The number of thiazole rings is 1. The summed E-state index contributed by atoms with van der Waals surface area (Å²) in [5.41, 5.74) is 3.07. The molecule has 1 aliphatic rings. The highest BCUT2D eigenvalue weighted by Gasteiger charge is 2.25. The van der Waals surface area contributed by atoms with Crippen LogP contribution in [0.25, 0.3) is 0 Å². The van der Waals surface area contributed by atoms with Gasteiger partial charge in [-0.05, 0) is 26.0 Å². The molecule has 1 aromatic carbocycles. The van der Waals surface area contributed by atoms with Gasteiger partial charge in [0, 0.05) is 11.4 Å². The van der Waals surface area contributed by atoms with Gasteiger partial charge in [0.1, 0.15) is 0 Å². The first-order valence-electron chi connectivity index (χ1n) is 7.12. The van der Waals surface area contributed by atoms with Crippen molar-refractivity contribution in [3.8, 4) is 0 Å². The number of benzene rings is 1. The minimum atomic E-state index is -0.0354. The van der Waals surface area contributed by atoms with Crippen LogP contribution in [0.1, 0.15) is 22.5 Å². The van der Waals surface area contributed by atoms with Crippen LogP contribution in [0.15, 0.2) is 24.3 Å². The fourth-order valence-corrected chi connectivity index (χ4v) is 3.62. The second-order valence-corrected chi connectivity index (χ2v) is 6.82. The Labute approximate surface area is 128 Å². The average Bonchev–Trinajstić information content (AvgIpc) is 2.70. The average molecular weight is 301 g/mol. The maximum atomic E-state index is 12.1. The number of carbonyl (C=O) groups is 1. The maximum Gasteiger partial charge on any atom is 0.229 e. The molecule has 3 rings (SSSR count). The van der Waals surface area contributed by atoms with Crippen LogP contribution in [0, 0.1) is 19.8 Å². The van der Waals surface area contributed by atoms with Crippen LogP contribution < -0.4 is 10.2 Å². The zero-order valence-corrected chi connectivity index (χ0v) is 13.3. The first-order valence-corrected chi connectivity index (χ1v) is 7.94. The Balaban J connectivity index is 1.96. The number of nitrogens with zero attached hydrogens (tertiary/aromatic N) is 2. The molecule has 4 nitrogen and oxygen atoms in total. The SMILES string of the molecule is Cc1nc(C)c(CN2CC(C)C(=O)Nc3ccccc32)s1. The lowest BCUT2D eigenvalue weighted by Gasteiger charge is -2.25. The lowest BCUT2D eigenvalue weighted by molar-refractivity contribution is -0.119. The zero-order valence-electron chi connectivity index (χ0n) is 12.5. The van der Waals surface area contributed by atoms with Crippen molar-refractivity contribution in [1.82, 2.24) is 4.98 Å².